The van der Waals surface area contributed by atoms with Crippen molar-refractivity contribution >= 4 is 0 Å². The maximum absolute atomic E-state index is 6.24. The van der Waals surface area contributed by atoms with E-state index in [-0.39, 0.29) is 6.23 Å². The molecule has 3 fully saturated rings. The van der Waals surface area contributed by atoms with Gasteiger partial charge >= 0.3 is 0 Å². The van der Waals surface area contributed by atoms with Crippen LogP contribution in [0.1, 0.15) is 52.1 Å². The summed E-state index contributed by atoms with van der Waals surface area (Å²) in [7, 11) is 0. The molecule has 1 aromatic rings. The van der Waals surface area contributed by atoms with Gasteiger partial charge in [0.2, 0.25) is 0 Å². The van der Waals surface area contributed by atoms with Crippen molar-refractivity contribution in [3.63, 3.8) is 0 Å². The summed E-state index contributed by atoms with van der Waals surface area (Å²) < 4.78 is 6.24. The Morgan fingerprint density at radius 1 is 1.18 bits per heavy atom. The molecule has 1 N–H and O–H groups in total. The molecule has 2 nitrogen and oxygen atoms in total. The van der Waals surface area contributed by atoms with Crippen molar-refractivity contribution < 1.29 is 4.74 Å². The standard InChI is InChI=1S/C20H29NO/c1-13(14-8-6-5-7-9-14)21-18-17-15(12-22-18)16-10-11-20(17,4)19(16,2)3/h5-9,13,15-18,21H,10-12H2,1-4H3. The second kappa shape index (κ2) is 4.82. The van der Waals surface area contributed by atoms with Crippen molar-refractivity contribution in [2.75, 3.05) is 6.61 Å². The minimum atomic E-state index is 0.217. The Labute approximate surface area is 134 Å². The SMILES string of the molecule is CC(NC1OCC2C3CCC(C)(C12)C3(C)C)c1ccccc1. The lowest BCUT2D eigenvalue weighted by atomic mass is 9.66. The van der Waals surface area contributed by atoms with Gasteiger partial charge in [0.25, 0.3) is 0 Å². The first-order valence-electron chi connectivity index (χ1n) is 8.88. The van der Waals surface area contributed by atoms with Crippen LogP contribution in [0.4, 0.5) is 0 Å². The van der Waals surface area contributed by atoms with Gasteiger partial charge in [0, 0.05) is 12.0 Å². The molecule has 1 saturated heterocycles. The van der Waals surface area contributed by atoms with Gasteiger partial charge in [0.05, 0.1) is 6.61 Å². The van der Waals surface area contributed by atoms with Crippen molar-refractivity contribution in [1.82, 2.24) is 5.32 Å². The average Bonchev–Trinajstić information content (AvgIpc) is 3.06. The number of hydrogen-bond donors (Lipinski definition) is 1. The smallest absolute Gasteiger partial charge is 0.112 e. The molecule has 0 radical (unpaired) electrons. The van der Waals surface area contributed by atoms with Crippen LogP contribution in [0.25, 0.3) is 0 Å². The fourth-order valence-corrected chi connectivity index (χ4v) is 5.96. The van der Waals surface area contributed by atoms with Crippen LogP contribution in [0, 0.1) is 28.6 Å². The average molecular weight is 299 g/mol. The van der Waals surface area contributed by atoms with Gasteiger partial charge in [-0.3, -0.25) is 5.32 Å². The van der Waals surface area contributed by atoms with Gasteiger partial charge in [-0.1, -0.05) is 51.1 Å². The van der Waals surface area contributed by atoms with Crippen molar-refractivity contribution in [3.8, 4) is 0 Å². The van der Waals surface area contributed by atoms with E-state index >= 15 is 0 Å². The molecule has 3 aliphatic rings. The Morgan fingerprint density at radius 2 is 1.91 bits per heavy atom. The van der Waals surface area contributed by atoms with Crippen LogP contribution in [0.5, 0.6) is 0 Å². The summed E-state index contributed by atoms with van der Waals surface area (Å²) in [6.07, 6.45) is 2.98. The highest BCUT2D eigenvalue weighted by molar-refractivity contribution is 5.20. The molecule has 0 spiro atoms. The molecule has 2 bridgehead atoms. The van der Waals surface area contributed by atoms with Crippen molar-refractivity contribution in [2.45, 2.75) is 52.8 Å². The molecule has 2 saturated carbocycles. The quantitative estimate of drug-likeness (QED) is 0.894. The number of nitrogens with one attached hydrogen (secondary N) is 1. The van der Waals surface area contributed by atoms with Crippen LogP contribution in [-0.4, -0.2) is 12.8 Å². The van der Waals surface area contributed by atoms with Gasteiger partial charge in [-0.2, -0.15) is 0 Å². The third kappa shape index (κ3) is 1.80. The lowest BCUT2D eigenvalue weighted by Gasteiger charge is -2.41. The van der Waals surface area contributed by atoms with Crippen molar-refractivity contribution in [3.05, 3.63) is 35.9 Å². The van der Waals surface area contributed by atoms with Crippen molar-refractivity contribution in [2.24, 2.45) is 28.6 Å². The second-order valence-electron chi connectivity index (χ2n) is 8.53. The fourth-order valence-electron chi connectivity index (χ4n) is 5.96. The number of benzene rings is 1. The lowest BCUT2D eigenvalue weighted by Crippen LogP contribution is -2.45. The Morgan fingerprint density at radius 3 is 2.64 bits per heavy atom. The Balaban J connectivity index is 1.56. The first-order chi connectivity index (χ1) is 10.4. The third-order valence-corrected chi connectivity index (χ3v) is 7.60. The fraction of sp³-hybridized carbons (Fsp3) is 0.700. The zero-order valence-corrected chi connectivity index (χ0v) is 14.3. The molecular formula is C20H29NO. The molecule has 1 aromatic carbocycles. The summed E-state index contributed by atoms with van der Waals surface area (Å²) in [5, 5.41) is 3.79. The Hall–Kier alpha value is -0.860. The molecule has 4 rings (SSSR count). The highest BCUT2D eigenvalue weighted by Gasteiger charge is 2.69. The number of ether oxygens (including phenoxy) is 1. The number of rotatable bonds is 3. The van der Waals surface area contributed by atoms with E-state index in [1.54, 1.807) is 0 Å². The van der Waals surface area contributed by atoms with E-state index in [1.807, 2.05) is 0 Å². The molecule has 0 aromatic heterocycles. The van der Waals surface area contributed by atoms with E-state index in [0.717, 1.165) is 18.4 Å². The molecule has 22 heavy (non-hydrogen) atoms. The third-order valence-electron chi connectivity index (χ3n) is 7.60. The predicted octanol–water partition coefficient (Wildman–Crippen LogP) is 4.38. The number of fused-ring (bicyclic) bond motifs is 5. The summed E-state index contributed by atoms with van der Waals surface area (Å²) >= 11 is 0. The van der Waals surface area contributed by atoms with Gasteiger partial charge in [-0.15, -0.1) is 0 Å². The van der Waals surface area contributed by atoms with Gasteiger partial charge in [0.1, 0.15) is 6.23 Å². The van der Waals surface area contributed by atoms with Crippen molar-refractivity contribution in [1.29, 1.82) is 0 Å². The Bertz CT molecular complexity index is 554. The largest absolute Gasteiger partial charge is 0.363 e. The molecule has 1 aliphatic heterocycles. The van der Waals surface area contributed by atoms with Gasteiger partial charge in [0.15, 0.2) is 0 Å². The normalized spacial score (nSPS) is 43.3. The summed E-state index contributed by atoms with van der Waals surface area (Å²) in [6.45, 7) is 10.7. The summed E-state index contributed by atoms with van der Waals surface area (Å²) in [5.41, 5.74) is 2.23. The van der Waals surface area contributed by atoms with Gasteiger partial charge < -0.3 is 4.74 Å². The summed E-state index contributed by atoms with van der Waals surface area (Å²) in [4.78, 5) is 0. The first kappa shape index (κ1) is 14.7. The van der Waals surface area contributed by atoms with Crippen LogP contribution in [0.3, 0.4) is 0 Å². The van der Waals surface area contributed by atoms with Crippen LogP contribution < -0.4 is 5.32 Å². The molecule has 1 heterocycles. The highest BCUT2D eigenvalue weighted by atomic mass is 16.5. The zero-order chi connectivity index (χ0) is 15.5. The summed E-state index contributed by atoms with van der Waals surface area (Å²) in [5.74, 6) is 2.28. The highest BCUT2D eigenvalue weighted by Crippen LogP contribution is 2.72. The van der Waals surface area contributed by atoms with Gasteiger partial charge in [-0.25, -0.2) is 0 Å². The molecule has 2 aliphatic carbocycles. The first-order valence-corrected chi connectivity index (χ1v) is 8.88. The zero-order valence-electron chi connectivity index (χ0n) is 14.3. The van der Waals surface area contributed by atoms with Crippen LogP contribution in [0.15, 0.2) is 30.3 Å². The predicted molar refractivity (Wildman–Crippen MR) is 89.3 cm³/mol. The molecule has 6 atom stereocenters. The van der Waals surface area contributed by atoms with E-state index in [2.05, 4.69) is 63.3 Å². The van der Waals surface area contributed by atoms with Crippen LogP contribution in [0.2, 0.25) is 0 Å². The molecule has 6 unspecified atom stereocenters. The monoisotopic (exact) mass is 299 g/mol. The van der Waals surface area contributed by atoms with E-state index in [9.17, 15) is 0 Å². The molecular weight excluding hydrogens is 270 g/mol. The Kier molecular flexibility index (Phi) is 3.22. The van der Waals surface area contributed by atoms with E-state index < -0.39 is 0 Å². The topological polar surface area (TPSA) is 21.3 Å². The lowest BCUT2D eigenvalue weighted by molar-refractivity contribution is -0.0139. The molecule has 120 valence electrons. The van der Waals surface area contributed by atoms with Gasteiger partial charge in [-0.05, 0) is 48.0 Å². The molecule has 0 amide bonds. The molecule has 2 heteroatoms. The maximum Gasteiger partial charge on any atom is 0.112 e. The van der Waals surface area contributed by atoms with E-state index in [0.29, 0.717) is 22.8 Å². The van der Waals surface area contributed by atoms with Crippen LogP contribution in [-0.2, 0) is 4.74 Å². The minimum absolute atomic E-state index is 0.217. The second-order valence-corrected chi connectivity index (χ2v) is 8.53. The van der Waals surface area contributed by atoms with E-state index in [1.165, 1.54) is 18.4 Å². The van der Waals surface area contributed by atoms with Crippen LogP contribution >= 0.6 is 0 Å². The van der Waals surface area contributed by atoms with E-state index in [4.69, 9.17) is 4.74 Å². The summed E-state index contributed by atoms with van der Waals surface area (Å²) in [6, 6.07) is 11.1. The number of hydrogen-bond acceptors (Lipinski definition) is 2. The minimum Gasteiger partial charge on any atom is -0.363 e. The maximum atomic E-state index is 6.24.